The largest absolute Gasteiger partial charge is 0.309 e. The van der Waals surface area contributed by atoms with Crippen molar-refractivity contribution in [2.45, 2.75) is 19.3 Å². The molecule has 0 atom stereocenters. The van der Waals surface area contributed by atoms with Gasteiger partial charge in [0.25, 0.3) is 0 Å². The van der Waals surface area contributed by atoms with Crippen LogP contribution in [0.1, 0.15) is 36.1 Å². The van der Waals surface area contributed by atoms with Crippen LogP contribution in [0.4, 0.5) is 0 Å². The van der Waals surface area contributed by atoms with Gasteiger partial charge in [0, 0.05) is 32.9 Å². The first kappa shape index (κ1) is 33.2. The lowest BCUT2D eigenvalue weighted by atomic mass is 9.67. The number of para-hydroxylation sites is 3. The minimum atomic E-state index is -0.419. The summed E-state index contributed by atoms with van der Waals surface area (Å²) in [6, 6.07) is 71.5. The van der Waals surface area contributed by atoms with Crippen molar-refractivity contribution in [3.63, 3.8) is 0 Å². The fraction of sp³-hybridized carbons (Fsp3) is 0.0545. The van der Waals surface area contributed by atoms with Crippen molar-refractivity contribution in [1.82, 2.24) is 9.13 Å². The highest BCUT2D eigenvalue weighted by Gasteiger charge is 2.45. The molecule has 11 rings (SSSR count). The number of hydrogen-bond acceptors (Lipinski definition) is 0. The van der Waals surface area contributed by atoms with E-state index in [-0.39, 0.29) is 0 Å². The van der Waals surface area contributed by atoms with E-state index in [4.69, 9.17) is 0 Å². The summed E-state index contributed by atoms with van der Waals surface area (Å²) in [6.07, 6.45) is 4.52. The van der Waals surface area contributed by atoms with Crippen molar-refractivity contribution < 1.29 is 0 Å². The molecule has 2 nitrogen and oxygen atoms in total. The monoisotopic (exact) mass is 728 g/mol. The summed E-state index contributed by atoms with van der Waals surface area (Å²) in [5, 5.41) is 5.02. The van der Waals surface area contributed by atoms with E-state index in [1.54, 1.807) is 0 Å². The fourth-order valence-corrected chi connectivity index (χ4v) is 9.90. The van der Waals surface area contributed by atoms with Crippen LogP contribution in [0, 0.1) is 0 Å². The van der Waals surface area contributed by atoms with Gasteiger partial charge >= 0.3 is 0 Å². The van der Waals surface area contributed by atoms with E-state index < -0.39 is 5.41 Å². The highest BCUT2D eigenvalue weighted by Crippen LogP contribution is 2.55. The van der Waals surface area contributed by atoms with Gasteiger partial charge in [0.05, 0.1) is 27.5 Å². The Labute approximate surface area is 332 Å². The van der Waals surface area contributed by atoms with E-state index in [2.05, 4.69) is 229 Å². The molecule has 0 saturated heterocycles. The Morgan fingerprint density at radius 1 is 0.421 bits per heavy atom. The molecule has 0 aliphatic heterocycles. The number of nitrogens with zero attached hydrogens (tertiary/aromatic N) is 2. The first-order chi connectivity index (χ1) is 28.2. The van der Waals surface area contributed by atoms with Crippen molar-refractivity contribution >= 4 is 49.2 Å². The highest BCUT2D eigenvalue weighted by atomic mass is 15.0. The van der Waals surface area contributed by atoms with E-state index in [9.17, 15) is 0 Å². The molecule has 10 aromatic rings. The molecule has 1 aliphatic rings. The van der Waals surface area contributed by atoms with Crippen LogP contribution in [0.2, 0.25) is 0 Å². The van der Waals surface area contributed by atoms with E-state index in [0.717, 1.165) is 0 Å². The van der Waals surface area contributed by atoms with E-state index in [1.165, 1.54) is 99.5 Å². The van der Waals surface area contributed by atoms with Gasteiger partial charge < -0.3 is 9.13 Å². The van der Waals surface area contributed by atoms with Gasteiger partial charge in [-0.2, -0.15) is 0 Å². The third kappa shape index (κ3) is 4.84. The fourth-order valence-electron chi connectivity index (χ4n) is 9.90. The van der Waals surface area contributed by atoms with E-state index in [1.807, 2.05) is 0 Å². The zero-order chi connectivity index (χ0) is 38.1. The second-order valence-electron chi connectivity index (χ2n) is 15.3. The summed E-state index contributed by atoms with van der Waals surface area (Å²) < 4.78 is 4.84. The molecule has 8 aromatic carbocycles. The zero-order valence-electron chi connectivity index (χ0n) is 32.0. The smallest absolute Gasteiger partial charge is 0.0710 e. The summed E-state index contributed by atoms with van der Waals surface area (Å²) in [6.45, 7) is 4.43. The van der Waals surface area contributed by atoms with Gasteiger partial charge in [0.2, 0.25) is 0 Å². The lowest BCUT2D eigenvalue weighted by Crippen LogP contribution is -2.29. The predicted octanol–water partition coefficient (Wildman–Crippen LogP) is 14.2. The van der Waals surface area contributed by atoms with Crippen LogP contribution < -0.4 is 0 Å². The summed E-state index contributed by atoms with van der Waals surface area (Å²) in [7, 11) is 0. The SMILES string of the molecule is C/C=C\C1=C(C)c2cc(-n3c4ccccc4c4cc(-c5ccc6c(c5)c5ccccc5n6-c5ccccc5)ccc43)ccc2C1(c1ccccc1)c1ccccc1. The maximum atomic E-state index is 2.46. The summed E-state index contributed by atoms with van der Waals surface area (Å²) in [4.78, 5) is 0. The third-order valence-electron chi connectivity index (χ3n) is 12.3. The molecule has 0 amide bonds. The molecule has 57 heavy (non-hydrogen) atoms. The summed E-state index contributed by atoms with van der Waals surface area (Å²) >= 11 is 0. The molecule has 0 spiro atoms. The Bertz CT molecular complexity index is 3190. The number of fused-ring (bicyclic) bond motifs is 7. The first-order valence-electron chi connectivity index (χ1n) is 19.9. The van der Waals surface area contributed by atoms with Gasteiger partial charge in [-0.15, -0.1) is 0 Å². The highest BCUT2D eigenvalue weighted by molar-refractivity contribution is 6.12. The first-order valence-corrected chi connectivity index (χ1v) is 19.9. The lowest BCUT2D eigenvalue weighted by molar-refractivity contribution is 0.760. The predicted molar refractivity (Wildman–Crippen MR) is 241 cm³/mol. The van der Waals surface area contributed by atoms with Gasteiger partial charge in [0.15, 0.2) is 0 Å². The number of hydrogen-bond donors (Lipinski definition) is 0. The van der Waals surface area contributed by atoms with Crippen LogP contribution in [-0.4, -0.2) is 9.13 Å². The van der Waals surface area contributed by atoms with Crippen LogP contribution in [-0.2, 0) is 5.41 Å². The maximum absolute atomic E-state index is 2.46. The molecular formula is C55H40N2. The van der Waals surface area contributed by atoms with Crippen LogP contribution >= 0.6 is 0 Å². The normalized spacial score (nSPS) is 13.8. The Balaban J connectivity index is 1.09. The van der Waals surface area contributed by atoms with Crippen molar-refractivity contribution in [2.75, 3.05) is 0 Å². The molecule has 0 fully saturated rings. The Morgan fingerprint density at radius 2 is 0.895 bits per heavy atom. The second-order valence-corrected chi connectivity index (χ2v) is 15.3. The number of aromatic nitrogens is 2. The van der Waals surface area contributed by atoms with Gasteiger partial charge in [-0.1, -0.05) is 146 Å². The third-order valence-corrected chi connectivity index (χ3v) is 12.3. The standard InChI is InChI=1S/C55H40N2/c1-3-17-49-37(2)46-36-43(30-31-50(46)55(49,40-18-7-4-8-19-40)41-20-9-5-10-21-41)57-52-27-16-14-25-45(52)48-35-39(29-33-54(48)57)38-28-32-53-47(34-38)44-24-13-15-26-51(44)56(53)42-22-11-6-12-23-42/h3-36H,1-2H3/b17-3-. The zero-order valence-corrected chi connectivity index (χ0v) is 32.0. The molecule has 1 aliphatic carbocycles. The molecule has 0 bridgehead atoms. The Morgan fingerprint density at radius 3 is 1.44 bits per heavy atom. The van der Waals surface area contributed by atoms with Crippen LogP contribution in [0.3, 0.4) is 0 Å². The van der Waals surface area contributed by atoms with E-state index >= 15 is 0 Å². The molecule has 2 aromatic heterocycles. The molecule has 0 radical (unpaired) electrons. The topological polar surface area (TPSA) is 9.86 Å². The molecule has 0 N–H and O–H groups in total. The average Bonchev–Trinajstić information content (AvgIpc) is 3.88. The maximum Gasteiger partial charge on any atom is 0.0710 e. The van der Waals surface area contributed by atoms with Gasteiger partial charge in [-0.3, -0.25) is 0 Å². The summed E-state index contributed by atoms with van der Waals surface area (Å²) in [5.41, 5.74) is 17.0. The molecular weight excluding hydrogens is 689 g/mol. The van der Waals surface area contributed by atoms with Gasteiger partial charge in [-0.25, -0.2) is 0 Å². The molecule has 270 valence electrons. The van der Waals surface area contributed by atoms with Crippen molar-refractivity contribution in [1.29, 1.82) is 0 Å². The minimum Gasteiger partial charge on any atom is -0.309 e. The average molecular weight is 729 g/mol. The quantitative estimate of drug-likeness (QED) is 0.161. The molecule has 2 heterocycles. The van der Waals surface area contributed by atoms with Crippen LogP contribution in [0.15, 0.2) is 212 Å². The number of benzene rings is 8. The molecule has 0 unspecified atom stereocenters. The van der Waals surface area contributed by atoms with Crippen molar-refractivity contribution in [3.05, 3.63) is 234 Å². The van der Waals surface area contributed by atoms with Crippen LogP contribution in [0.5, 0.6) is 0 Å². The van der Waals surface area contributed by atoms with Gasteiger partial charge in [0.1, 0.15) is 0 Å². The summed E-state index contributed by atoms with van der Waals surface area (Å²) in [5.74, 6) is 0. The Hall–Kier alpha value is -7.16. The number of rotatable bonds is 6. The van der Waals surface area contributed by atoms with Crippen LogP contribution in [0.25, 0.3) is 71.7 Å². The van der Waals surface area contributed by atoms with E-state index in [0.29, 0.717) is 0 Å². The lowest BCUT2D eigenvalue weighted by Gasteiger charge is -2.35. The van der Waals surface area contributed by atoms with Gasteiger partial charge in [-0.05, 0) is 119 Å². The second kappa shape index (κ2) is 13.0. The minimum absolute atomic E-state index is 0.419. The Kier molecular flexibility index (Phi) is 7.55. The van der Waals surface area contributed by atoms with Crippen molar-refractivity contribution in [2.24, 2.45) is 0 Å². The number of allylic oxidation sites excluding steroid dienone is 4. The van der Waals surface area contributed by atoms with Crippen molar-refractivity contribution in [3.8, 4) is 22.5 Å². The molecule has 0 saturated carbocycles. The molecule has 2 heteroatoms.